The Kier molecular flexibility index (Phi) is 6.96. The molecule has 0 spiro atoms. The van der Waals surface area contributed by atoms with Crippen molar-refractivity contribution in [3.05, 3.63) is 65.7 Å². The predicted molar refractivity (Wildman–Crippen MR) is 106 cm³/mol. The maximum absolute atomic E-state index is 13.0. The van der Waals surface area contributed by atoms with Crippen molar-refractivity contribution in [2.45, 2.75) is 46.7 Å². The number of amides is 2. The molecule has 0 atom stereocenters. The lowest BCUT2D eigenvalue weighted by molar-refractivity contribution is -0.133. The Morgan fingerprint density at radius 3 is 2.15 bits per heavy atom. The first kappa shape index (κ1) is 19.7. The summed E-state index contributed by atoms with van der Waals surface area (Å²) in [6.45, 7) is 8.15. The third-order valence-corrected chi connectivity index (χ3v) is 4.48. The maximum atomic E-state index is 13.0. The molecule has 0 saturated heterocycles. The fourth-order valence-corrected chi connectivity index (χ4v) is 3.00. The van der Waals surface area contributed by atoms with Crippen molar-refractivity contribution >= 4 is 17.5 Å². The van der Waals surface area contributed by atoms with Crippen molar-refractivity contribution in [2.75, 3.05) is 11.4 Å². The van der Waals surface area contributed by atoms with E-state index in [0.717, 1.165) is 23.2 Å². The summed E-state index contributed by atoms with van der Waals surface area (Å²) >= 11 is 0. The number of anilines is 1. The number of benzene rings is 2. The number of carbonyl (C=O) groups excluding carboxylic acids is 2. The van der Waals surface area contributed by atoms with Crippen LogP contribution in [-0.2, 0) is 22.6 Å². The molecule has 2 amide bonds. The molecule has 4 nitrogen and oxygen atoms in total. The van der Waals surface area contributed by atoms with Crippen molar-refractivity contribution < 1.29 is 9.59 Å². The van der Waals surface area contributed by atoms with E-state index >= 15 is 0 Å². The number of rotatable bonds is 7. The second kappa shape index (κ2) is 9.18. The van der Waals surface area contributed by atoms with E-state index in [1.54, 1.807) is 4.90 Å². The van der Waals surface area contributed by atoms with Gasteiger partial charge in [0.1, 0.15) is 6.54 Å². The van der Waals surface area contributed by atoms with Crippen LogP contribution in [0.1, 0.15) is 38.8 Å². The Hall–Kier alpha value is -2.62. The van der Waals surface area contributed by atoms with Crippen LogP contribution in [0.4, 0.5) is 5.69 Å². The van der Waals surface area contributed by atoms with Crippen LogP contribution in [-0.4, -0.2) is 29.3 Å². The topological polar surface area (TPSA) is 40.6 Å². The molecule has 0 heterocycles. The number of aryl methyl sites for hydroxylation is 1. The van der Waals surface area contributed by atoms with E-state index < -0.39 is 0 Å². The van der Waals surface area contributed by atoms with Gasteiger partial charge in [0.15, 0.2) is 0 Å². The van der Waals surface area contributed by atoms with Gasteiger partial charge in [-0.3, -0.25) is 9.59 Å². The average Bonchev–Trinajstić information content (AvgIpc) is 2.64. The number of hydrogen-bond donors (Lipinski definition) is 0. The van der Waals surface area contributed by atoms with E-state index in [2.05, 4.69) is 6.92 Å². The van der Waals surface area contributed by atoms with E-state index in [-0.39, 0.29) is 24.4 Å². The summed E-state index contributed by atoms with van der Waals surface area (Å²) in [5.41, 5.74) is 2.96. The lowest BCUT2D eigenvalue weighted by Gasteiger charge is -2.30. The fraction of sp³-hybridized carbons (Fsp3) is 0.364. The lowest BCUT2D eigenvalue weighted by Crippen LogP contribution is -2.45. The van der Waals surface area contributed by atoms with Crippen LogP contribution in [0.25, 0.3) is 0 Å². The molecule has 0 bridgehead atoms. The molecule has 0 N–H and O–H groups in total. The van der Waals surface area contributed by atoms with Gasteiger partial charge in [-0.2, -0.15) is 0 Å². The minimum Gasteiger partial charge on any atom is -0.334 e. The minimum atomic E-state index is -0.123. The number of carbonyl (C=O) groups is 2. The molecule has 0 fully saturated rings. The monoisotopic (exact) mass is 352 g/mol. The van der Waals surface area contributed by atoms with Crippen molar-refractivity contribution in [3.8, 4) is 0 Å². The van der Waals surface area contributed by atoms with Gasteiger partial charge in [-0.05, 0) is 37.5 Å². The molecule has 0 radical (unpaired) electrons. The standard InChI is InChI=1S/C22H28N2O2/c1-5-20-13-9-10-14-21(20)24(18(4)25)16-22(26)23(17(2)3)15-19-11-7-6-8-12-19/h6-14,17H,5,15-16H2,1-4H3. The largest absolute Gasteiger partial charge is 0.334 e. The molecule has 138 valence electrons. The van der Waals surface area contributed by atoms with Gasteiger partial charge in [-0.25, -0.2) is 0 Å². The highest BCUT2D eigenvalue weighted by Gasteiger charge is 2.23. The van der Waals surface area contributed by atoms with Crippen molar-refractivity contribution in [3.63, 3.8) is 0 Å². The molecule has 0 unspecified atom stereocenters. The predicted octanol–water partition coefficient (Wildman–Crippen LogP) is 4.04. The Bertz CT molecular complexity index is 741. The van der Waals surface area contributed by atoms with Crippen molar-refractivity contribution in [1.29, 1.82) is 0 Å². The van der Waals surface area contributed by atoms with Crippen molar-refractivity contribution in [1.82, 2.24) is 4.90 Å². The molecule has 2 rings (SSSR count). The molecule has 2 aromatic rings. The van der Waals surface area contributed by atoms with Gasteiger partial charge < -0.3 is 9.80 Å². The van der Waals surface area contributed by atoms with E-state index in [4.69, 9.17) is 0 Å². The zero-order chi connectivity index (χ0) is 19.1. The minimum absolute atomic E-state index is 0.0510. The Morgan fingerprint density at radius 2 is 1.58 bits per heavy atom. The summed E-state index contributed by atoms with van der Waals surface area (Å²) in [5.74, 6) is -0.173. The smallest absolute Gasteiger partial charge is 0.243 e. The molecule has 0 aromatic heterocycles. The van der Waals surface area contributed by atoms with E-state index in [0.29, 0.717) is 6.54 Å². The van der Waals surface area contributed by atoms with Crippen LogP contribution in [0.3, 0.4) is 0 Å². The highest BCUT2D eigenvalue weighted by Crippen LogP contribution is 2.22. The Balaban J connectivity index is 2.23. The van der Waals surface area contributed by atoms with E-state index in [1.165, 1.54) is 6.92 Å². The Labute approximate surface area is 156 Å². The highest BCUT2D eigenvalue weighted by atomic mass is 16.2. The van der Waals surface area contributed by atoms with Crippen LogP contribution < -0.4 is 4.90 Å². The summed E-state index contributed by atoms with van der Waals surface area (Å²) in [5, 5.41) is 0. The molecule has 0 aliphatic heterocycles. The molecule has 0 aliphatic carbocycles. The Morgan fingerprint density at radius 1 is 0.962 bits per heavy atom. The van der Waals surface area contributed by atoms with Crippen LogP contribution in [0, 0.1) is 0 Å². The molecule has 0 aliphatic rings. The summed E-state index contributed by atoms with van der Waals surface area (Å²) in [4.78, 5) is 28.7. The van der Waals surface area contributed by atoms with Gasteiger partial charge in [-0.15, -0.1) is 0 Å². The van der Waals surface area contributed by atoms with Gasteiger partial charge in [0, 0.05) is 25.2 Å². The maximum Gasteiger partial charge on any atom is 0.243 e. The number of nitrogens with zero attached hydrogens (tertiary/aromatic N) is 2. The first-order valence-corrected chi connectivity index (χ1v) is 9.13. The molecule has 0 saturated carbocycles. The summed E-state index contributed by atoms with van der Waals surface area (Å²) in [6, 6.07) is 17.7. The quantitative estimate of drug-likeness (QED) is 0.754. The van der Waals surface area contributed by atoms with Gasteiger partial charge in [0.25, 0.3) is 0 Å². The first-order valence-electron chi connectivity index (χ1n) is 9.13. The van der Waals surface area contributed by atoms with Crippen LogP contribution in [0.5, 0.6) is 0 Å². The molecule has 4 heteroatoms. The number of para-hydroxylation sites is 1. The molecule has 26 heavy (non-hydrogen) atoms. The van der Waals surface area contributed by atoms with Crippen LogP contribution >= 0.6 is 0 Å². The van der Waals surface area contributed by atoms with Gasteiger partial charge in [-0.1, -0.05) is 55.5 Å². The third kappa shape index (κ3) is 4.94. The van der Waals surface area contributed by atoms with Crippen LogP contribution in [0.2, 0.25) is 0 Å². The second-order valence-corrected chi connectivity index (χ2v) is 6.69. The van der Waals surface area contributed by atoms with E-state index in [9.17, 15) is 9.59 Å². The third-order valence-electron chi connectivity index (χ3n) is 4.48. The van der Waals surface area contributed by atoms with E-state index in [1.807, 2.05) is 73.3 Å². The molecule has 2 aromatic carbocycles. The first-order chi connectivity index (χ1) is 12.4. The SMILES string of the molecule is CCc1ccccc1N(CC(=O)N(Cc1ccccc1)C(C)C)C(C)=O. The van der Waals surface area contributed by atoms with Crippen molar-refractivity contribution in [2.24, 2.45) is 0 Å². The van der Waals surface area contributed by atoms with Gasteiger partial charge in [0.05, 0.1) is 0 Å². The van der Waals surface area contributed by atoms with Gasteiger partial charge >= 0.3 is 0 Å². The summed E-state index contributed by atoms with van der Waals surface area (Å²) in [6.07, 6.45) is 0.812. The number of hydrogen-bond acceptors (Lipinski definition) is 2. The molecular formula is C22H28N2O2. The average molecular weight is 352 g/mol. The second-order valence-electron chi connectivity index (χ2n) is 6.69. The summed E-state index contributed by atoms with van der Waals surface area (Å²) < 4.78 is 0. The van der Waals surface area contributed by atoms with Crippen LogP contribution in [0.15, 0.2) is 54.6 Å². The highest BCUT2D eigenvalue weighted by molar-refractivity contribution is 5.98. The zero-order valence-corrected chi connectivity index (χ0v) is 16.1. The normalized spacial score (nSPS) is 10.7. The lowest BCUT2D eigenvalue weighted by atomic mass is 10.1. The fourth-order valence-electron chi connectivity index (χ4n) is 3.00. The molecular weight excluding hydrogens is 324 g/mol. The zero-order valence-electron chi connectivity index (χ0n) is 16.1. The van der Waals surface area contributed by atoms with Gasteiger partial charge in [0.2, 0.25) is 11.8 Å². The summed E-state index contributed by atoms with van der Waals surface area (Å²) in [7, 11) is 0.